The van der Waals surface area contributed by atoms with E-state index in [4.69, 9.17) is 12.2 Å². The fourth-order valence-electron chi connectivity index (χ4n) is 1.81. The molecule has 0 aliphatic carbocycles. The number of amides is 1. The molecule has 0 saturated heterocycles. The fraction of sp³-hybridized carbons (Fsp3) is 0.125. The first-order valence-electron chi connectivity index (χ1n) is 7.33. The number of thioether (sulfide) groups is 1. The lowest BCUT2D eigenvalue weighted by molar-refractivity contribution is -0.384. The summed E-state index contributed by atoms with van der Waals surface area (Å²) in [6.45, 7) is 0.638. The van der Waals surface area contributed by atoms with Gasteiger partial charge in [-0.05, 0) is 36.5 Å². The molecule has 0 aliphatic rings. The zero-order valence-electron chi connectivity index (χ0n) is 13.1. The van der Waals surface area contributed by atoms with Gasteiger partial charge in [-0.15, -0.1) is 11.8 Å². The third kappa shape index (κ3) is 6.40. The number of nitrogens with one attached hydrogen (secondary N) is 3. The molecule has 2 aromatic rings. The monoisotopic (exact) mass is 376 g/mol. The molecule has 0 aliphatic heterocycles. The average Bonchev–Trinajstić information content (AvgIpc) is 2.64. The summed E-state index contributed by atoms with van der Waals surface area (Å²) in [5, 5.41) is 13.9. The Bertz CT molecular complexity index is 739. The highest BCUT2D eigenvalue weighted by molar-refractivity contribution is 7.99. The first kappa shape index (κ1) is 18.7. The first-order valence-corrected chi connectivity index (χ1v) is 8.72. The highest BCUT2D eigenvalue weighted by Crippen LogP contribution is 2.15. The normalized spacial score (nSPS) is 9.92. The van der Waals surface area contributed by atoms with Crippen LogP contribution in [0.3, 0.4) is 0 Å². The van der Waals surface area contributed by atoms with Gasteiger partial charge >= 0.3 is 0 Å². The van der Waals surface area contributed by atoms with E-state index >= 15 is 0 Å². The molecule has 2 aromatic carbocycles. The SMILES string of the molecule is O=C(NNC(=S)NCCSc1ccccc1)c1ccc([N+](=O)[O-])cc1. The van der Waals surface area contributed by atoms with Crippen LogP contribution in [0.1, 0.15) is 10.4 Å². The van der Waals surface area contributed by atoms with E-state index < -0.39 is 10.8 Å². The van der Waals surface area contributed by atoms with Crippen LogP contribution >= 0.6 is 24.0 Å². The van der Waals surface area contributed by atoms with Crippen LogP contribution in [0.15, 0.2) is 59.5 Å². The van der Waals surface area contributed by atoms with Gasteiger partial charge < -0.3 is 5.32 Å². The number of non-ortho nitro benzene ring substituents is 1. The number of nitrogens with zero attached hydrogens (tertiary/aromatic N) is 1. The van der Waals surface area contributed by atoms with Crippen LogP contribution < -0.4 is 16.2 Å². The fourth-order valence-corrected chi connectivity index (χ4v) is 2.76. The summed E-state index contributed by atoms with van der Waals surface area (Å²) >= 11 is 6.77. The molecule has 9 heteroatoms. The van der Waals surface area contributed by atoms with E-state index in [-0.39, 0.29) is 5.69 Å². The Kier molecular flexibility index (Phi) is 7.17. The number of nitro groups is 1. The lowest BCUT2D eigenvalue weighted by Gasteiger charge is -2.11. The Balaban J connectivity index is 1.67. The van der Waals surface area contributed by atoms with Crippen molar-refractivity contribution in [2.45, 2.75) is 4.90 Å². The number of hydrogen-bond acceptors (Lipinski definition) is 5. The molecule has 0 radical (unpaired) electrons. The molecular formula is C16H16N4O3S2. The zero-order chi connectivity index (χ0) is 18.1. The minimum Gasteiger partial charge on any atom is -0.361 e. The molecule has 0 spiro atoms. The number of carbonyl (C=O) groups is 1. The predicted molar refractivity (Wildman–Crippen MR) is 101 cm³/mol. The largest absolute Gasteiger partial charge is 0.361 e. The van der Waals surface area contributed by atoms with Gasteiger partial charge in [-0.3, -0.25) is 25.8 Å². The zero-order valence-corrected chi connectivity index (χ0v) is 14.7. The lowest BCUT2D eigenvalue weighted by atomic mass is 10.2. The minimum atomic E-state index is -0.521. The number of hydrogen-bond donors (Lipinski definition) is 3. The van der Waals surface area contributed by atoms with Gasteiger partial charge in [-0.25, -0.2) is 0 Å². The molecule has 1 amide bonds. The summed E-state index contributed by atoms with van der Waals surface area (Å²) in [6.07, 6.45) is 0. The van der Waals surface area contributed by atoms with Gasteiger partial charge in [0.25, 0.3) is 11.6 Å². The molecule has 7 nitrogen and oxygen atoms in total. The van der Waals surface area contributed by atoms with E-state index in [2.05, 4.69) is 16.2 Å². The van der Waals surface area contributed by atoms with Gasteiger partial charge in [0.1, 0.15) is 0 Å². The summed E-state index contributed by atoms with van der Waals surface area (Å²) in [4.78, 5) is 23.1. The third-order valence-electron chi connectivity index (χ3n) is 3.03. The number of thiocarbonyl (C=S) groups is 1. The summed E-state index contributed by atoms with van der Waals surface area (Å²) in [7, 11) is 0. The van der Waals surface area contributed by atoms with Crippen molar-refractivity contribution in [3.63, 3.8) is 0 Å². The van der Waals surface area contributed by atoms with Crippen LogP contribution in [0.2, 0.25) is 0 Å². The van der Waals surface area contributed by atoms with Crippen molar-refractivity contribution < 1.29 is 9.72 Å². The molecule has 0 aromatic heterocycles. The second-order valence-electron chi connectivity index (χ2n) is 4.80. The Labute approximate surface area is 154 Å². The van der Waals surface area contributed by atoms with E-state index in [1.165, 1.54) is 29.2 Å². The Morgan fingerprint density at radius 2 is 1.76 bits per heavy atom. The highest BCUT2D eigenvalue weighted by atomic mass is 32.2. The first-order chi connectivity index (χ1) is 12.1. The van der Waals surface area contributed by atoms with Crippen molar-refractivity contribution in [1.29, 1.82) is 0 Å². The predicted octanol–water partition coefficient (Wildman–Crippen LogP) is 2.50. The van der Waals surface area contributed by atoms with E-state index in [1.54, 1.807) is 11.8 Å². The molecule has 0 unspecified atom stereocenters. The number of hydrazine groups is 1. The van der Waals surface area contributed by atoms with Crippen molar-refractivity contribution in [3.8, 4) is 0 Å². The molecular weight excluding hydrogens is 360 g/mol. The third-order valence-corrected chi connectivity index (χ3v) is 4.29. The summed E-state index contributed by atoms with van der Waals surface area (Å²) < 4.78 is 0. The Morgan fingerprint density at radius 3 is 2.40 bits per heavy atom. The second kappa shape index (κ2) is 9.60. The van der Waals surface area contributed by atoms with Gasteiger partial charge in [-0.1, -0.05) is 18.2 Å². The van der Waals surface area contributed by atoms with Crippen LogP contribution in [-0.4, -0.2) is 28.2 Å². The van der Waals surface area contributed by atoms with E-state index in [0.29, 0.717) is 17.2 Å². The Hall–Kier alpha value is -2.65. The summed E-state index contributed by atoms with van der Waals surface area (Å²) in [5.74, 6) is 0.389. The van der Waals surface area contributed by atoms with Gasteiger partial charge in [-0.2, -0.15) is 0 Å². The van der Waals surface area contributed by atoms with Gasteiger partial charge in [0.05, 0.1) is 4.92 Å². The van der Waals surface area contributed by atoms with Crippen LogP contribution in [0.5, 0.6) is 0 Å². The summed E-state index contributed by atoms with van der Waals surface area (Å²) in [6, 6.07) is 15.3. The lowest BCUT2D eigenvalue weighted by Crippen LogP contribution is -2.47. The second-order valence-corrected chi connectivity index (χ2v) is 6.38. The quantitative estimate of drug-likeness (QED) is 0.234. The molecule has 0 bridgehead atoms. The molecule has 2 rings (SSSR count). The van der Waals surface area contributed by atoms with Crippen molar-refractivity contribution in [1.82, 2.24) is 16.2 Å². The van der Waals surface area contributed by atoms with Crippen molar-refractivity contribution in [2.24, 2.45) is 0 Å². The molecule has 0 heterocycles. The van der Waals surface area contributed by atoms with Crippen LogP contribution in [0, 0.1) is 10.1 Å². The highest BCUT2D eigenvalue weighted by Gasteiger charge is 2.09. The van der Waals surface area contributed by atoms with Gasteiger partial charge in [0.2, 0.25) is 0 Å². The number of benzene rings is 2. The van der Waals surface area contributed by atoms with Crippen LogP contribution in [0.25, 0.3) is 0 Å². The molecule has 0 fully saturated rings. The number of carbonyl (C=O) groups excluding carboxylic acids is 1. The standard InChI is InChI=1S/C16H16N4O3S2/c21-15(12-6-8-13(9-7-12)20(22)23)18-19-16(24)17-10-11-25-14-4-2-1-3-5-14/h1-9H,10-11H2,(H,18,21)(H2,17,19,24). The number of nitro benzene ring substituents is 1. The smallest absolute Gasteiger partial charge is 0.269 e. The molecule has 0 saturated carbocycles. The maximum absolute atomic E-state index is 11.9. The van der Waals surface area contributed by atoms with Gasteiger partial charge in [0, 0.05) is 34.9 Å². The molecule has 0 atom stereocenters. The maximum Gasteiger partial charge on any atom is 0.269 e. The maximum atomic E-state index is 11.9. The van der Waals surface area contributed by atoms with Gasteiger partial charge in [0.15, 0.2) is 5.11 Å². The van der Waals surface area contributed by atoms with Crippen LogP contribution in [-0.2, 0) is 0 Å². The average molecular weight is 376 g/mol. The van der Waals surface area contributed by atoms with E-state index in [9.17, 15) is 14.9 Å². The van der Waals surface area contributed by atoms with E-state index in [0.717, 1.165) is 5.75 Å². The van der Waals surface area contributed by atoms with E-state index in [1.807, 2.05) is 30.3 Å². The van der Waals surface area contributed by atoms with Crippen molar-refractivity contribution in [2.75, 3.05) is 12.3 Å². The topological polar surface area (TPSA) is 96.3 Å². The minimum absolute atomic E-state index is 0.0717. The number of rotatable bonds is 6. The van der Waals surface area contributed by atoms with Crippen LogP contribution in [0.4, 0.5) is 5.69 Å². The molecule has 3 N–H and O–H groups in total. The molecule has 25 heavy (non-hydrogen) atoms. The Morgan fingerprint density at radius 1 is 1.08 bits per heavy atom. The summed E-state index contributed by atoms with van der Waals surface area (Å²) in [5.41, 5.74) is 5.25. The van der Waals surface area contributed by atoms with Crippen molar-refractivity contribution >= 4 is 40.7 Å². The van der Waals surface area contributed by atoms with Crippen molar-refractivity contribution in [3.05, 3.63) is 70.3 Å². The molecule has 130 valence electrons.